The predicted octanol–water partition coefficient (Wildman–Crippen LogP) is 4.41. The molecule has 0 aliphatic rings. The van der Waals surface area contributed by atoms with Crippen LogP contribution in [0.1, 0.15) is 27.9 Å². The largest absolute Gasteiger partial charge is 0.493 e. The molecule has 0 aromatic heterocycles. The highest BCUT2D eigenvalue weighted by Gasteiger charge is 2.19. The maximum absolute atomic E-state index is 12.9. The van der Waals surface area contributed by atoms with Crippen molar-refractivity contribution in [2.45, 2.75) is 12.8 Å². The zero-order valence-electron chi connectivity index (χ0n) is 17.7. The van der Waals surface area contributed by atoms with Crippen LogP contribution in [0.15, 0.2) is 66.7 Å². The van der Waals surface area contributed by atoms with Gasteiger partial charge in [-0.2, -0.15) is 0 Å². The van der Waals surface area contributed by atoms with Crippen molar-refractivity contribution in [2.24, 2.45) is 0 Å². The van der Waals surface area contributed by atoms with Gasteiger partial charge in [0, 0.05) is 24.1 Å². The molecule has 3 rings (SSSR count). The summed E-state index contributed by atoms with van der Waals surface area (Å²) >= 11 is 0. The van der Waals surface area contributed by atoms with Crippen molar-refractivity contribution in [1.29, 1.82) is 0 Å². The maximum Gasteiger partial charge on any atom is 0.270 e. The van der Waals surface area contributed by atoms with Crippen molar-refractivity contribution >= 4 is 23.1 Å². The van der Waals surface area contributed by atoms with Gasteiger partial charge in [0.25, 0.3) is 5.69 Å². The molecular formula is C24H22N2O6. The lowest BCUT2D eigenvalue weighted by Crippen LogP contribution is -2.16. The zero-order valence-corrected chi connectivity index (χ0v) is 17.7. The van der Waals surface area contributed by atoms with Gasteiger partial charge in [-0.3, -0.25) is 19.7 Å². The number of ether oxygens (including phenoxy) is 2. The van der Waals surface area contributed by atoms with E-state index in [1.807, 2.05) is 6.07 Å². The lowest BCUT2D eigenvalue weighted by Gasteiger charge is -2.12. The van der Waals surface area contributed by atoms with Crippen molar-refractivity contribution in [3.8, 4) is 11.5 Å². The molecular weight excluding hydrogens is 412 g/mol. The Morgan fingerprint density at radius 3 is 2.31 bits per heavy atom. The van der Waals surface area contributed by atoms with E-state index in [2.05, 4.69) is 5.32 Å². The Hall–Kier alpha value is -4.20. The second-order valence-corrected chi connectivity index (χ2v) is 6.92. The number of ketones is 1. The van der Waals surface area contributed by atoms with Crippen molar-refractivity contribution in [3.63, 3.8) is 0 Å². The van der Waals surface area contributed by atoms with Crippen LogP contribution < -0.4 is 14.8 Å². The molecule has 8 nitrogen and oxygen atoms in total. The number of rotatable bonds is 9. The Labute approximate surface area is 184 Å². The van der Waals surface area contributed by atoms with Crippen molar-refractivity contribution in [3.05, 3.63) is 93.5 Å². The summed E-state index contributed by atoms with van der Waals surface area (Å²) in [5.41, 5.74) is 1.30. The van der Waals surface area contributed by atoms with Crippen LogP contribution in [-0.2, 0) is 11.2 Å². The standard InChI is InChI=1S/C24H22N2O6/c1-31-21-12-8-16(14-22(21)32-2)9-13-23(27)25-20-11-10-18(26(29)30)15-19(20)24(28)17-6-4-3-5-7-17/h3-8,10-12,14-15H,9,13H2,1-2H3,(H,25,27). The first kappa shape index (κ1) is 22.5. The van der Waals surface area contributed by atoms with Gasteiger partial charge in [-0.05, 0) is 30.2 Å². The highest BCUT2D eigenvalue weighted by atomic mass is 16.6. The van der Waals surface area contributed by atoms with E-state index in [0.29, 0.717) is 23.5 Å². The summed E-state index contributed by atoms with van der Waals surface area (Å²) in [5, 5.41) is 13.9. The van der Waals surface area contributed by atoms with Crippen molar-refractivity contribution in [2.75, 3.05) is 19.5 Å². The third-order valence-electron chi connectivity index (χ3n) is 4.86. The molecule has 32 heavy (non-hydrogen) atoms. The number of hydrogen-bond acceptors (Lipinski definition) is 6. The lowest BCUT2D eigenvalue weighted by molar-refractivity contribution is -0.384. The number of benzene rings is 3. The number of nitrogens with zero attached hydrogens (tertiary/aromatic N) is 1. The molecule has 0 spiro atoms. The van der Waals surface area contributed by atoms with E-state index in [1.165, 1.54) is 25.3 Å². The smallest absolute Gasteiger partial charge is 0.270 e. The number of carbonyl (C=O) groups is 2. The number of non-ortho nitro benzene ring substituents is 1. The average Bonchev–Trinajstić information content (AvgIpc) is 2.82. The van der Waals surface area contributed by atoms with E-state index in [1.54, 1.807) is 49.6 Å². The topological polar surface area (TPSA) is 108 Å². The van der Waals surface area contributed by atoms with Crippen LogP contribution in [0, 0.1) is 10.1 Å². The monoisotopic (exact) mass is 434 g/mol. The predicted molar refractivity (Wildman–Crippen MR) is 119 cm³/mol. The van der Waals surface area contributed by atoms with Crippen LogP contribution in [0.4, 0.5) is 11.4 Å². The molecule has 0 saturated heterocycles. The number of methoxy groups -OCH3 is 2. The van der Waals surface area contributed by atoms with E-state index in [4.69, 9.17) is 9.47 Å². The van der Waals surface area contributed by atoms with Crippen LogP contribution in [0.2, 0.25) is 0 Å². The second kappa shape index (κ2) is 10.2. The third-order valence-corrected chi connectivity index (χ3v) is 4.86. The Bertz CT molecular complexity index is 1140. The fourth-order valence-electron chi connectivity index (χ4n) is 3.19. The fraction of sp³-hybridized carbons (Fsp3) is 0.167. The van der Waals surface area contributed by atoms with Crippen LogP contribution in [0.25, 0.3) is 0 Å². The van der Waals surface area contributed by atoms with Crippen LogP contribution in [0.5, 0.6) is 11.5 Å². The molecule has 0 aliphatic carbocycles. The summed E-state index contributed by atoms with van der Waals surface area (Å²) in [7, 11) is 3.08. The van der Waals surface area contributed by atoms with Crippen LogP contribution in [0.3, 0.4) is 0 Å². The second-order valence-electron chi connectivity index (χ2n) is 6.92. The molecule has 0 saturated carbocycles. The van der Waals surface area contributed by atoms with Gasteiger partial charge in [0.05, 0.1) is 30.4 Å². The average molecular weight is 434 g/mol. The Morgan fingerprint density at radius 1 is 0.938 bits per heavy atom. The highest BCUT2D eigenvalue weighted by Crippen LogP contribution is 2.28. The summed E-state index contributed by atoms with van der Waals surface area (Å²) in [4.78, 5) is 36.1. The molecule has 0 atom stereocenters. The molecule has 0 aliphatic heterocycles. The lowest BCUT2D eigenvalue weighted by atomic mass is 10.0. The molecule has 0 radical (unpaired) electrons. The van der Waals surface area contributed by atoms with Gasteiger partial charge in [-0.25, -0.2) is 0 Å². The number of aryl methyl sites for hydroxylation is 1. The number of amides is 1. The molecule has 0 heterocycles. The van der Waals surface area contributed by atoms with Crippen molar-refractivity contribution < 1.29 is 24.0 Å². The van der Waals surface area contributed by atoms with E-state index in [9.17, 15) is 19.7 Å². The number of nitro groups is 1. The number of nitro benzene ring substituents is 1. The van der Waals surface area contributed by atoms with Crippen LogP contribution >= 0.6 is 0 Å². The zero-order chi connectivity index (χ0) is 23.1. The molecule has 164 valence electrons. The Balaban J connectivity index is 1.78. The third kappa shape index (κ3) is 5.28. The van der Waals surface area contributed by atoms with E-state index >= 15 is 0 Å². The molecule has 0 bridgehead atoms. The number of anilines is 1. The quantitative estimate of drug-likeness (QED) is 0.304. The molecule has 1 amide bonds. The maximum atomic E-state index is 12.9. The van der Waals surface area contributed by atoms with E-state index in [0.717, 1.165) is 5.56 Å². The number of carbonyl (C=O) groups excluding carboxylic acids is 2. The molecule has 8 heteroatoms. The first-order valence-electron chi connectivity index (χ1n) is 9.82. The van der Waals surface area contributed by atoms with Crippen molar-refractivity contribution in [1.82, 2.24) is 0 Å². The highest BCUT2D eigenvalue weighted by molar-refractivity contribution is 6.14. The summed E-state index contributed by atoms with van der Waals surface area (Å²) < 4.78 is 10.5. The van der Waals surface area contributed by atoms with Gasteiger partial charge in [0.2, 0.25) is 5.91 Å². The number of nitrogens with one attached hydrogen (secondary N) is 1. The Morgan fingerprint density at radius 2 is 1.66 bits per heavy atom. The minimum absolute atomic E-state index is 0.0601. The molecule has 3 aromatic rings. The van der Waals surface area contributed by atoms with Gasteiger partial charge >= 0.3 is 0 Å². The molecule has 3 aromatic carbocycles. The molecule has 0 unspecified atom stereocenters. The minimum atomic E-state index is -0.579. The summed E-state index contributed by atoms with van der Waals surface area (Å²) in [6.07, 6.45) is 0.576. The Kier molecular flexibility index (Phi) is 7.17. The van der Waals surface area contributed by atoms with Gasteiger partial charge in [0.15, 0.2) is 17.3 Å². The molecule has 0 fully saturated rings. The fourth-order valence-corrected chi connectivity index (χ4v) is 3.19. The van der Waals surface area contributed by atoms with Gasteiger partial charge in [-0.1, -0.05) is 36.4 Å². The SMILES string of the molecule is COc1ccc(CCC(=O)Nc2ccc([N+](=O)[O-])cc2C(=O)c2ccccc2)cc1OC. The number of hydrogen-bond donors (Lipinski definition) is 1. The minimum Gasteiger partial charge on any atom is -0.493 e. The van der Waals surface area contributed by atoms with Crippen LogP contribution in [-0.4, -0.2) is 30.8 Å². The van der Waals surface area contributed by atoms with Gasteiger partial charge < -0.3 is 14.8 Å². The molecule has 1 N–H and O–H groups in total. The first-order valence-corrected chi connectivity index (χ1v) is 9.82. The van der Waals surface area contributed by atoms with E-state index in [-0.39, 0.29) is 29.3 Å². The first-order chi connectivity index (χ1) is 15.4. The van der Waals surface area contributed by atoms with Gasteiger partial charge in [0.1, 0.15) is 0 Å². The summed E-state index contributed by atoms with van der Waals surface area (Å²) in [6.45, 7) is 0. The summed E-state index contributed by atoms with van der Waals surface area (Å²) in [6, 6.07) is 17.6. The summed E-state index contributed by atoms with van der Waals surface area (Å²) in [5.74, 6) is 0.424. The van der Waals surface area contributed by atoms with Gasteiger partial charge in [-0.15, -0.1) is 0 Å². The normalized spacial score (nSPS) is 10.3. The van der Waals surface area contributed by atoms with E-state index < -0.39 is 10.7 Å².